The van der Waals surface area contributed by atoms with Gasteiger partial charge in [0, 0.05) is 17.4 Å². The molecule has 0 bridgehead atoms. The van der Waals surface area contributed by atoms with Crippen LogP contribution in [0.1, 0.15) is 6.92 Å². The summed E-state index contributed by atoms with van der Waals surface area (Å²) in [5, 5.41) is 5.98. The van der Waals surface area contributed by atoms with E-state index in [1.165, 1.54) is 26.4 Å². The number of rotatable bonds is 8. The molecule has 0 aliphatic heterocycles. The maximum atomic E-state index is 12.5. The highest BCUT2D eigenvalue weighted by molar-refractivity contribution is 6.32. The predicted molar refractivity (Wildman–Crippen MR) is 99.3 cm³/mol. The van der Waals surface area contributed by atoms with Gasteiger partial charge in [-0.2, -0.15) is 8.78 Å². The summed E-state index contributed by atoms with van der Waals surface area (Å²) in [5.41, 5.74) is 0.915. The van der Waals surface area contributed by atoms with Gasteiger partial charge in [0.1, 0.15) is 11.8 Å². The van der Waals surface area contributed by atoms with Crippen LogP contribution in [0.4, 0.5) is 20.2 Å². The van der Waals surface area contributed by atoms with Gasteiger partial charge in [0.25, 0.3) is 0 Å². The molecule has 0 radical (unpaired) electrons. The molecule has 2 aromatic rings. The van der Waals surface area contributed by atoms with Crippen LogP contribution < -0.4 is 24.8 Å². The van der Waals surface area contributed by atoms with Crippen LogP contribution in [0.25, 0.3) is 0 Å². The molecule has 0 saturated carbocycles. The van der Waals surface area contributed by atoms with Crippen LogP contribution in [0.3, 0.4) is 0 Å². The van der Waals surface area contributed by atoms with Gasteiger partial charge in [0.2, 0.25) is 5.91 Å². The predicted octanol–water partition coefficient (Wildman–Crippen LogP) is 4.40. The molecule has 1 unspecified atom stereocenters. The second kappa shape index (κ2) is 9.27. The number of amides is 1. The molecule has 27 heavy (non-hydrogen) atoms. The zero-order valence-corrected chi connectivity index (χ0v) is 15.6. The zero-order chi connectivity index (χ0) is 20.0. The molecular weight excluding hydrogens is 382 g/mol. The average molecular weight is 401 g/mol. The third-order valence-electron chi connectivity index (χ3n) is 3.58. The van der Waals surface area contributed by atoms with Crippen LogP contribution in [0, 0.1) is 0 Å². The highest BCUT2D eigenvalue weighted by Gasteiger charge is 2.16. The van der Waals surface area contributed by atoms with Crippen molar-refractivity contribution in [3.8, 4) is 17.2 Å². The van der Waals surface area contributed by atoms with E-state index in [4.69, 9.17) is 21.1 Å². The number of anilines is 2. The van der Waals surface area contributed by atoms with Gasteiger partial charge in [-0.05, 0) is 37.3 Å². The number of methoxy groups -OCH3 is 2. The van der Waals surface area contributed by atoms with Crippen LogP contribution >= 0.6 is 11.6 Å². The molecule has 0 spiro atoms. The van der Waals surface area contributed by atoms with Gasteiger partial charge in [-0.1, -0.05) is 11.6 Å². The lowest BCUT2D eigenvalue weighted by molar-refractivity contribution is -0.116. The molecule has 0 aliphatic carbocycles. The summed E-state index contributed by atoms with van der Waals surface area (Å²) in [6.07, 6.45) is 0. The fourth-order valence-electron chi connectivity index (χ4n) is 2.26. The molecule has 1 amide bonds. The van der Waals surface area contributed by atoms with Crippen LogP contribution in [0.15, 0.2) is 36.4 Å². The van der Waals surface area contributed by atoms with E-state index in [2.05, 4.69) is 15.4 Å². The Morgan fingerprint density at radius 1 is 1.00 bits per heavy atom. The highest BCUT2D eigenvalue weighted by atomic mass is 35.5. The third kappa shape index (κ3) is 5.62. The molecule has 0 aromatic heterocycles. The Hall–Kier alpha value is -2.74. The molecule has 146 valence electrons. The Balaban J connectivity index is 2.06. The van der Waals surface area contributed by atoms with Crippen LogP contribution in [-0.2, 0) is 4.79 Å². The average Bonchev–Trinajstić information content (AvgIpc) is 2.61. The second-order valence-electron chi connectivity index (χ2n) is 5.45. The summed E-state index contributed by atoms with van der Waals surface area (Å²) in [4.78, 5) is 12.3. The molecule has 1 atom stereocenters. The van der Waals surface area contributed by atoms with Crippen molar-refractivity contribution < 1.29 is 27.8 Å². The van der Waals surface area contributed by atoms with E-state index in [9.17, 15) is 13.6 Å². The van der Waals surface area contributed by atoms with Crippen molar-refractivity contribution in [2.75, 3.05) is 24.9 Å². The van der Waals surface area contributed by atoms with Crippen LogP contribution in [0.5, 0.6) is 17.2 Å². The van der Waals surface area contributed by atoms with E-state index in [1.54, 1.807) is 31.2 Å². The summed E-state index contributed by atoms with van der Waals surface area (Å²) in [7, 11) is 2.84. The Morgan fingerprint density at radius 2 is 1.63 bits per heavy atom. The molecule has 9 heteroatoms. The minimum atomic E-state index is -2.99. The monoisotopic (exact) mass is 400 g/mol. The molecule has 2 aromatic carbocycles. The smallest absolute Gasteiger partial charge is 0.387 e. The molecule has 2 rings (SSSR count). The molecule has 0 fully saturated rings. The lowest BCUT2D eigenvalue weighted by atomic mass is 10.2. The van der Waals surface area contributed by atoms with Gasteiger partial charge >= 0.3 is 6.61 Å². The second-order valence-corrected chi connectivity index (χ2v) is 5.86. The van der Waals surface area contributed by atoms with Crippen LogP contribution in [0.2, 0.25) is 5.02 Å². The number of hydrogen-bond acceptors (Lipinski definition) is 5. The van der Waals surface area contributed by atoms with E-state index in [0.717, 1.165) is 0 Å². The molecule has 6 nitrogen and oxygen atoms in total. The minimum absolute atomic E-state index is 0.132. The van der Waals surface area contributed by atoms with Crippen molar-refractivity contribution in [2.24, 2.45) is 0 Å². The van der Waals surface area contributed by atoms with E-state index in [1.807, 2.05) is 0 Å². The lowest BCUT2D eigenvalue weighted by Crippen LogP contribution is -2.31. The number of halogens is 3. The van der Waals surface area contributed by atoms with Crippen molar-refractivity contribution >= 4 is 28.9 Å². The molecule has 0 saturated heterocycles. The Labute approximate surface area is 160 Å². The van der Waals surface area contributed by atoms with E-state index >= 15 is 0 Å². The van der Waals surface area contributed by atoms with Gasteiger partial charge in [-0.25, -0.2) is 0 Å². The normalized spacial score (nSPS) is 11.7. The fourth-order valence-corrected chi connectivity index (χ4v) is 2.52. The minimum Gasteiger partial charge on any atom is -0.495 e. The first-order chi connectivity index (χ1) is 12.8. The number of ether oxygens (including phenoxy) is 3. The Morgan fingerprint density at radius 3 is 2.22 bits per heavy atom. The number of hydrogen-bond donors (Lipinski definition) is 2. The highest BCUT2D eigenvalue weighted by Crippen LogP contribution is 2.32. The van der Waals surface area contributed by atoms with Gasteiger partial charge in [0.15, 0.2) is 11.5 Å². The summed E-state index contributed by atoms with van der Waals surface area (Å²) in [6.45, 7) is -1.37. The first-order valence-corrected chi connectivity index (χ1v) is 8.25. The SMILES string of the molecule is COc1ccc(NC(=O)C(C)Nc2ccc(OC)c(OC(F)F)c2)cc1Cl. The number of benzene rings is 2. The van der Waals surface area contributed by atoms with Gasteiger partial charge in [0.05, 0.1) is 19.2 Å². The van der Waals surface area contributed by atoms with Gasteiger partial charge in [-0.3, -0.25) is 4.79 Å². The summed E-state index contributed by atoms with van der Waals surface area (Å²) in [6, 6.07) is 8.56. The first-order valence-electron chi connectivity index (χ1n) is 7.87. The van der Waals surface area contributed by atoms with Crippen molar-refractivity contribution in [3.05, 3.63) is 41.4 Å². The maximum Gasteiger partial charge on any atom is 0.387 e. The van der Waals surface area contributed by atoms with Crippen molar-refractivity contribution in [1.29, 1.82) is 0 Å². The quantitative estimate of drug-likeness (QED) is 0.687. The summed E-state index contributed by atoms with van der Waals surface area (Å²) >= 11 is 6.03. The van der Waals surface area contributed by atoms with Crippen LogP contribution in [-0.4, -0.2) is 32.8 Å². The number of carbonyl (C=O) groups is 1. The Bertz CT molecular complexity index is 805. The third-order valence-corrected chi connectivity index (χ3v) is 3.87. The molecular formula is C18H19ClF2N2O4. The lowest BCUT2D eigenvalue weighted by Gasteiger charge is -2.17. The van der Waals surface area contributed by atoms with Gasteiger partial charge in [-0.15, -0.1) is 0 Å². The summed E-state index contributed by atoms with van der Waals surface area (Å²) < 4.78 is 39.5. The van der Waals surface area contributed by atoms with E-state index < -0.39 is 12.7 Å². The molecule has 0 aliphatic rings. The first kappa shape index (κ1) is 20.6. The fraction of sp³-hybridized carbons (Fsp3) is 0.278. The largest absolute Gasteiger partial charge is 0.495 e. The molecule has 0 heterocycles. The molecule has 2 N–H and O–H groups in total. The standard InChI is InChI=1S/C18H19ClF2N2O4/c1-10(17(24)23-11-4-6-14(25-2)13(19)8-11)22-12-5-7-15(26-3)16(9-12)27-18(20)21/h4-10,18,22H,1-3H3,(H,23,24). The number of carbonyl (C=O) groups excluding carboxylic acids is 1. The van der Waals surface area contributed by atoms with E-state index in [-0.39, 0.29) is 17.4 Å². The van der Waals surface area contributed by atoms with E-state index in [0.29, 0.717) is 22.1 Å². The Kier molecular flexibility index (Phi) is 7.06. The van der Waals surface area contributed by atoms with Crippen molar-refractivity contribution in [2.45, 2.75) is 19.6 Å². The maximum absolute atomic E-state index is 12.5. The number of alkyl halides is 2. The summed E-state index contributed by atoms with van der Waals surface area (Å²) in [5.74, 6) is 0.173. The van der Waals surface area contributed by atoms with Crippen molar-refractivity contribution in [1.82, 2.24) is 0 Å². The van der Waals surface area contributed by atoms with Gasteiger partial charge < -0.3 is 24.8 Å². The zero-order valence-electron chi connectivity index (χ0n) is 14.9. The number of nitrogens with one attached hydrogen (secondary N) is 2. The van der Waals surface area contributed by atoms with Crippen molar-refractivity contribution in [3.63, 3.8) is 0 Å². The topological polar surface area (TPSA) is 68.8 Å².